The number of hydrogen-bond donors (Lipinski definition) is 2. The first-order valence-corrected chi connectivity index (χ1v) is 9.37. The average Bonchev–Trinajstić information content (AvgIpc) is 2.61. The van der Waals surface area contributed by atoms with Crippen molar-refractivity contribution in [2.24, 2.45) is 0 Å². The Morgan fingerprint density at radius 2 is 2.11 bits per heavy atom. The van der Waals surface area contributed by atoms with Gasteiger partial charge in [0.2, 0.25) is 5.91 Å². The number of aliphatic carboxylic acids is 1. The van der Waals surface area contributed by atoms with Crippen LogP contribution in [0.5, 0.6) is 0 Å². The number of rotatable bonds is 3. The predicted molar refractivity (Wildman–Crippen MR) is 99.9 cm³/mol. The van der Waals surface area contributed by atoms with Gasteiger partial charge in [-0.05, 0) is 43.9 Å². The van der Waals surface area contributed by atoms with Gasteiger partial charge in [0.1, 0.15) is 12.2 Å². The summed E-state index contributed by atoms with van der Waals surface area (Å²) in [6.07, 6.45) is 0.321. The lowest BCUT2D eigenvalue weighted by Crippen LogP contribution is -2.46. The smallest absolute Gasteiger partial charge is 0.411 e. The summed E-state index contributed by atoms with van der Waals surface area (Å²) in [5.41, 5.74) is 1.80. The van der Waals surface area contributed by atoms with Crippen molar-refractivity contribution >= 4 is 18.0 Å². The highest BCUT2D eigenvalue weighted by molar-refractivity contribution is 5.83. The molecular formula is C20H26N2O6. The molecule has 2 amide bonds. The number of nitrogens with one attached hydrogen (secondary N) is 1. The first-order valence-electron chi connectivity index (χ1n) is 9.37. The fourth-order valence-electron chi connectivity index (χ4n) is 3.63. The predicted octanol–water partition coefficient (Wildman–Crippen LogP) is 1.66. The van der Waals surface area contributed by atoms with Gasteiger partial charge >= 0.3 is 12.1 Å². The van der Waals surface area contributed by atoms with Crippen LogP contribution >= 0.6 is 0 Å². The van der Waals surface area contributed by atoms with Crippen LogP contribution in [0.4, 0.5) is 4.79 Å². The third kappa shape index (κ3) is 4.44. The van der Waals surface area contributed by atoms with Gasteiger partial charge in [0, 0.05) is 19.5 Å². The number of fused-ring (bicyclic) bond motifs is 1. The van der Waals surface area contributed by atoms with Crippen LogP contribution in [0.1, 0.15) is 43.5 Å². The van der Waals surface area contributed by atoms with Gasteiger partial charge in [-0.2, -0.15) is 0 Å². The zero-order valence-electron chi connectivity index (χ0n) is 16.4. The highest BCUT2D eigenvalue weighted by Gasteiger charge is 2.39. The fourth-order valence-corrected chi connectivity index (χ4v) is 3.63. The van der Waals surface area contributed by atoms with Gasteiger partial charge in [-0.15, -0.1) is 0 Å². The molecule has 0 aliphatic carbocycles. The third-order valence-corrected chi connectivity index (χ3v) is 4.80. The SMILES string of the molecule is CC(C)(C)OC(=O)N1CCc2c(CC3CNC(=O)CO3)cccc2C1C(=O)O. The van der Waals surface area contributed by atoms with Crippen molar-refractivity contribution in [3.63, 3.8) is 0 Å². The molecule has 1 aromatic carbocycles. The molecule has 2 unspecified atom stereocenters. The second-order valence-electron chi connectivity index (χ2n) is 8.09. The molecule has 2 aliphatic heterocycles. The summed E-state index contributed by atoms with van der Waals surface area (Å²) in [4.78, 5) is 37.1. The summed E-state index contributed by atoms with van der Waals surface area (Å²) in [5.74, 6) is -1.23. The zero-order chi connectivity index (χ0) is 20.5. The van der Waals surface area contributed by atoms with Gasteiger partial charge in [-0.3, -0.25) is 9.69 Å². The lowest BCUT2D eigenvalue weighted by atomic mass is 9.87. The fraction of sp³-hybridized carbons (Fsp3) is 0.550. The van der Waals surface area contributed by atoms with E-state index in [-0.39, 0.29) is 25.2 Å². The van der Waals surface area contributed by atoms with Crippen LogP contribution < -0.4 is 5.32 Å². The monoisotopic (exact) mass is 390 g/mol. The maximum atomic E-state index is 12.6. The number of carbonyl (C=O) groups excluding carboxylic acids is 2. The highest BCUT2D eigenvalue weighted by Crippen LogP contribution is 2.33. The molecule has 8 heteroatoms. The Labute approximate surface area is 163 Å². The van der Waals surface area contributed by atoms with Gasteiger partial charge in [-0.1, -0.05) is 18.2 Å². The standard InChI is InChI=1S/C20H26N2O6/c1-20(2,3)28-19(26)22-8-7-14-12(9-13-10-21-16(23)11-27-13)5-4-6-15(14)17(22)18(24)25/h4-6,13,17H,7-11H2,1-3H3,(H,21,23)(H,24,25). The minimum Gasteiger partial charge on any atom is -0.479 e. The van der Waals surface area contributed by atoms with Gasteiger partial charge in [0.05, 0.1) is 6.10 Å². The van der Waals surface area contributed by atoms with Gasteiger partial charge < -0.3 is 19.9 Å². The van der Waals surface area contributed by atoms with E-state index in [4.69, 9.17) is 9.47 Å². The summed E-state index contributed by atoms with van der Waals surface area (Å²) in [6.45, 7) is 5.97. The van der Waals surface area contributed by atoms with Crippen molar-refractivity contribution in [2.45, 2.75) is 51.4 Å². The van der Waals surface area contributed by atoms with Crippen LogP contribution in [0.25, 0.3) is 0 Å². The van der Waals surface area contributed by atoms with Crippen molar-refractivity contribution in [2.75, 3.05) is 19.7 Å². The van der Waals surface area contributed by atoms with Crippen LogP contribution in [0.3, 0.4) is 0 Å². The van der Waals surface area contributed by atoms with Gasteiger partial charge in [0.15, 0.2) is 6.04 Å². The molecule has 1 fully saturated rings. The molecule has 3 rings (SSSR count). The quantitative estimate of drug-likeness (QED) is 0.813. The number of ether oxygens (including phenoxy) is 2. The molecule has 1 saturated heterocycles. The molecule has 2 N–H and O–H groups in total. The van der Waals surface area contributed by atoms with Crippen molar-refractivity contribution < 1.29 is 29.0 Å². The molecule has 2 heterocycles. The second kappa shape index (κ2) is 7.79. The normalized spacial score (nSPS) is 22.2. The van der Waals surface area contributed by atoms with Crippen LogP contribution in [0, 0.1) is 0 Å². The summed E-state index contributed by atoms with van der Waals surface area (Å²) in [5, 5.41) is 12.6. The molecule has 8 nitrogen and oxygen atoms in total. The molecule has 2 aliphatic rings. The third-order valence-electron chi connectivity index (χ3n) is 4.80. The molecule has 0 bridgehead atoms. The Morgan fingerprint density at radius 3 is 2.71 bits per heavy atom. The van der Waals surface area contributed by atoms with Gasteiger partial charge in [0.25, 0.3) is 0 Å². The summed E-state index contributed by atoms with van der Waals surface area (Å²) >= 11 is 0. The largest absolute Gasteiger partial charge is 0.479 e. The number of carbonyl (C=O) groups is 3. The molecule has 0 saturated carbocycles. The number of carboxylic acids is 1. The summed E-state index contributed by atoms with van der Waals surface area (Å²) < 4.78 is 11.0. The second-order valence-corrected chi connectivity index (χ2v) is 8.09. The van der Waals surface area contributed by atoms with Crippen LogP contribution in [-0.4, -0.2) is 59.4 Å². The molecule has 1 aromatic rings. The number of morpholine rings is 1. The first kappa shape index (κ1) is 20.1. The summed E-state index contributed by atoms with van der Waals surface area (Å²) in [7, 11) is 0. The number of carboxylic acid groups (broad SMARTS) is 1. The van der Waals surface area contributed by atoms with E-state index in [0.717, 1.165) is 11.1 Å². The Bertz CT molecular complexity index is 775. The summed E-state index contributed by atoms with van der Waals surface area (Å²) in [6, 6.07) is 4.40. The number of nitrogens with zero attached hydrogens (tertiary/aromatic N) is 1. The van der Waals surface area contributed by atoms with E-state index in [2.05, 4.69) is 5.32 Å². The van der Waals surface area contributed by atoms with Crippen LogP contribution in [0.15, 0.2) is 18.2 Å². The number of hydrogen-bond acceptors (Lipinski definition) is 5. The Hall–Kier alpha value is -2.61. The first-order chi connectivity index (χ1) is 13.2. The molecule has 0 aromatic heterocycles. The topological polar surface area (TPSA) is 105 Å². The molecule has 0 spiro atoms. The van der Waals surface area contributed by atoms with E-state index in [1.165, 1.54) is 4.90 Å². The van der Waals surface area contributed by atoms with Crippen molar-refractivity contribution in [1.29, 1.82) is 0 Å². The van der Waals surface area contributed by atoms with Crippen molar-refractivity contribution in [3.8, 4) is 0 Å². The molecule has 28 heavy (non-hydrogen) atoms. The molecule has 0 radical (unpaired) electrons. The highest BCUT2D eigenvalue weighted by atomic mass is 16.6. The van der Waals surface area contributed by atoms with E-state index in [1.54, 1.807) is 32.9 Å². The lowest BCUT2D eigenvalue weighted by molar-refractivity contribution is -0.143. The molecular weight excluding hydrogens is 364 g/mol. The van der Waals surface area contributed by atoms with E-state index in [1.807, 2.05) is 6.07 Å². The minimum absolute atomic E-state index is 0.0316. The lowest BCUT2D eigenvalue weighted by Gasteiger charge is -2.37. The molecule has 152 valence electrons. The maximum absolute atomic E-state index is 12.6. The van der Waals surface area contributed by atoms with E-state index in [9.17, 15) is 19.5 Å². The van der Waals surface area contributed by atoms with E-state index < -0.39 is 23.7 Å². The van der Waals surface area contributed by atoms with E-state index >= 15 is 0 Å². The number of benzene rings is 1. The Morgan fingerprint density at radius 1 is 1.36 bits per heavy atom. The van der Waals surface area contributed by atoms with Crippen molar-refractivity contribution in [3.05, 3.63) is 34.9 Å². The Balaban J connectivity index is 1.85. The van der Waals surface area contributed by atoms with Crippen LogP contribution in [-0.2, 0) is 31.9 Å². The van der Waals surface area contributed by atoms with E-state index in [0.29, 0.717) is 24.9 Å². The minimum atomic E-state index is -1.09. The van der Waals surface area contributed by atoms with Gasteiger partial charge in [-0.25, -0.2) is 9.59 Å². The zero-order valence-corrected chi connectivity index (χ0v) is 16.4. The van der Waals surface area contributed by atoms with Crippen molar-refractivity contribution in [1.82, 2.24) is 10.2 Å². The number of amides is 2. The Kier molecular flexibility index (Phi) is 5.60. The average molecular weight is 390 g/mol. The maximum Gasteiger partial charge on any atom is 0.411 e. The van der Waals surface area contributed by atoms with Crippen LogP contribution in [0.2, 0.25) is 0 Å². The molecule has 2 atom stereocenters.